The minimum atomic E-state index is 0.697. The Bertz CT molecular complexity index is 487. The zero-order valence-electron chi connectivity index (χ0n) is 9.14. The molecule has 1 N–H and O–H groups in total. The van der Waals surface area contributed by atoms with E-state index in [-0.39, 0.29) is 0 Å². The van der Waals surface area contributed by atoms with Crippen molar-refractivity contribution in [2.24, 2.45) is 0 Å². The summed E-state index contributed by atoms with van der Waals surface area (Å²) in [6, 6.07) is 7.62. The topological polar surface area (TPSA) is 59.9 Å². The summed E-state index contributed by atoms with van der Waals surface area (Å²) < 4.78 is 5.16. The van der Waals surface area contributed by atoms with Gasteiger partial charge in [-0.15, -0.1) is 10.2 Å². The maximum atomic E-state index is 5.16. The van der Waals surface area contributed by atoms with E-state index >= 15 is 0 Å². The Labute approximate surface area is 93.5 Å². The molecule has 5 heteroatoms. The highest BCUT2D eigenvalue weighted by molar-refractivity contribution is 5.71. The lowest BCUT2D eigenvalue weighted by molar-refractivity contribution is 0.415. The van der Waals surface area contributed by atoms with Crippen molar-refractivity contribution >= 4 is 5.82 Å². The number of rotatable bonds is 3. The van der Waals surface area contributed by atoms with E-state index in [1.165, 1.54) is 6.33 Å². The molecule has 0 radical (unpaired) electrons. The van der Waals surface area contributed by atoms with E-state index in [0.717, 1.165) is 11.3 Å². The molecule has 0 fully saturated rings. The molecule has 0 bridgehead atoms. The van der Waals surface area contributed by atoms with Gasteiger partial charge in [-0.1, -0.05) is 12.1 Å². The van der Waals surface area contributed by atoms with Gasteiger partial charge in [0.15, 0.2) is 5.82 Å². The number of aromatic nitrogens is 3. The summed E-state index contributed by atoms with van der Waals surface area (Å²) in [5, 5.41) is 10.8. The predicted molar refractivity (Wildman–Crippen MR) is 61.4 cm³/mol. The highest BCUT2D eigenvalue weighted by atomic mass is 16.5. The molecule has 0 amide bonds. The lowest BCUT2D eigenvalue weighted by Gasteiger charge is -2.06. The van der Waals surface area contributed by atoms with Crippen LogP contribution < -0.4 is 10.1 Å². The van der Waals surface area contributed by atoms with Crippen LogP contribution in [0, 0.1) is 0 Å². The third-order valence-corrected chi connectivity index (χ3v) is 2.20. The molecule has 0 spiro atoms. The Morgan fingerprint density at radius 2 is 2.19 bits per heavy atom. The number of ether oxygens (including phenoxy) is 1. The van der Waals surface area contributed by atoms with Gasteiger partial charge < -0.3 is 10.1 Å². The molecule has 1 aromatic heterocycles. The first kappa shape index (κ1) is 10.4. The Balaban J connectivity index is 2.49. The van der Waals surface area contributed by atoms with Gasteiger partial charge in [-0.3, -0.25) is 0 Å². The molecule has 2 rings (SSSR count). The fourth-order valence-electron chi connectivity index (χ4n) is 1.42. The Morgan fingerprint density at radius 3 is 2.94 bits per heavy atom. The number of benzene rings is 1. The maximum absolute atomic E-state index is 5.16. The van der Waals surface area contributed by atoms with Gasteiger partial charge in [-0.2, -0.15) is 0 Å². The molecule has 2 aromatic rings. The van der Waals surface area contributed by atoms with Crippen molar-refractivity contribution in [3.63, 3.8) is 0 Å². The zero-order chi connectivity index (χ0) is 11.4. The molecule has 0 aliphatic rings. The van der Waals surface area contributed by atoms with Gasteiger partial charge in [0.05, 0.1) is 7.11 Å². The molecule has 1 heterocycles. The van der Waals surface area contributed by atoms with E-state index in [1.807, 2.05) is 24.3 Å². The van der Waals surface area contributed by atoms with E-state index in [2.05, 4.69) is 20.5 Å². The molecule has 0 atom stereocenters. The van der Waals surface area contributed by atoms with E-state index in [0.29, 0.717) is 11.5 Å². The molecule has 16 heavy (non-hydrogen) atoms. The van der Waals surface area contributed by atoms with Crippen molar-refractivity contribution in [2.45, 2.75) is 0 Å². The number of methoxy groups -OCH3 is 1. The van der Waals surface area contributed by atoms with Crippen LogP contribution in [0.2, 0.25) is 0 Å². The smallest absolute Gasteiger partial charge is 0.156 e. The Hall–Kier alpha value is -2.17. The summed E-state index contributed by atoms with van der Waals surface area (Å²) in [5.74, 6) is 1.48. The number of nitrogens with one attached hydrogen (secondary N) is 1. The molecule has 0 unspecified atom stereocenters. The number of hydrogen-bond donors (Lipinski definition) is 1. The van der Waals surface area contributed by atoms with Gasteiger partial charge >= 0.3 is 0 Å². The molecule has 0 saturated carbocycles. The summed E-state index contributed by atoms with van der Waals surface area (Å²) in [6.07, 6.45) is 1.41. The zero-order valence-corrected chi connectivity index (χ0v) is 9.14. The fraction of sp³-hybridized carbons (Fsp3) is 0.182. The maximum Gasteiger partial charge on any atom is 0.156 e. The van der Waals surface area contributed by atoms with E-state index in [9.17, 15) is 0 Å². The van der Waals surface area contributed by atoms with Crippen LogP contribution in [0.3, 0.4) is 0 Å². The van der Waals surface area contributed by atoms with Gasteiger partial charge in [0.2, 0.25) is 0 Å². The first-order valence-corrected chi connectivity index (χ1v) is 4.85. The first-order valence-electron chi connectivity index (χ1n) is 4.85. The molecule has 0 saturated heterocycles. The predicted octanol–water partition coefficient (Wildman–Crippen LogP) is 1.59. The molecular weight excluding hydrogens is 204 g/mol. The van der Waals surface area contributed by atoms with Gasteiger partial charge in [0, 0.05) is 12.6 Å². The van der Waals surface area contributed by atoms with Crippen LogP contribution in [-0.2, 0) is 0 Å². The third kappa shape index (κ3) is 1.93. The van der Waals surface area contributed by atoms with Crippen LogP contribution in [-0.4, -0.2) is 29.3 Å². The lowest BCUT2D eigenvalue weighted by Crippen LogP contribution is -1.99. The van der Waals surface area contributed by atoms with E-state index in [4.69, 9.17) is 4.74 Å². The Kier molecular flexibility index (Phi) is 2.95. The normalized spacial score (nSPS) is 9.88. The molecule has 0 aliphatic heterocycles. The van der Waals surface area contributed by atoms with E-state index < -0.39 is 0 Å². The number of anilines is 1. The van der Waals surface area contributed by atoms with Gasteiger partial charge in [0.25, 0.3) is 0 Å². The molecule has 1 aromatic carbocycles. The third-order valence-electron chi connectivity index (χ3n) is 2.20. The van der Waals surface area contributed by atoms with Gasteiger partial charge in [-0.05, 0) is 12.1 Å². The molecule has 5 nitrogen and oxygen atoms in total. The quantitative estimate of drug-likeness (QED) is 0.844. The van der Waals surface area contributed by atoms with Crippen LogP contribution in [0.1, 0.15) is 0 Å². The standard InChI is InChI=1S/C11H12N4O/c1-12-11-10(15-14-7-13-11)8-4-3-5-9(6-8)16-2/h3-7H,1-2H3,(H,12,13,14). The summed E-state index contributed by atoms with van der Waals surface area (Å²) >= 11 is 0. The van der Waals surface area contributed by atoms with Crippen LogP contribution in [0.25, 0.3) is 11.3 Å². The van der Waals surface area contributed by atoms with Crippen molar-refractivity contribution in [1.29, 1.82) is 0 Å². The van der Waals surface area contributed by atoms with Crippen LogP contribution in [0.15, 0.2) is 30.6 Å². The summed E-state index contributed by atoms with van der Waals surface area (Å²) in [4.78, 5) is 4.10. The van der Waals surface area contributed by atoms with Crippen LogP contribution in [0.5, 0.6) is 5.75 Å². The average molecular weight is 216 g/mol. The first-order chi connectivity index (χ1) is 7.85. The van der Waals surface area contributed by atoms with Crippen molar-refractivity contribution in [1.82, 2.24) is 15.2 Å². The number of hydrogen-bond acceptors (Lipinski definition) is 5. The summed E-state index contributed by atoms with van der Waals surface area (Å²) in [5.41, 5.74) is 1.63. The largest absolute Gasteiger partial charge is 0.497 e. The second-order valence-corrected chi connectivity index (χ2v) is 3.14. The monoisotopic (exact) mass is 216 g/mol. The SMILES string of the molecule is CNc1ncnnc1-c1cccc(OC)c1. The van der Waals surface area contributed by atoms with Crippen molar-refractivity contribution in [3.8, 4) is 17.0 Å². The highest BCUT2D eigenvalue weighted by Gasteiger charge is 2.07. The summed E-state index contributed by atoms with van der Waals surface area (Å²) in [6.45, 7) is 0. The van der Waals surface area contributed by atoms with Crippen molar-refractivity contribution in [3.05, 3.63) is 30.6 Å². The fourth-order valence-corrected chi connectivity index (χ4v) is 1.42. The minimum Gasteiger partial charge on any atom is -0.497 e. The van der Waals surface area contributed by atoms with Crippen LogP contribution in [0.4, 0.5) is 5.82 Å². The Morgan fingerprint density at radius 1 is 1.31 bits per heavy atom. The van der Waals surface area contributed by atoms with Gasteiger partial charge in [-0.25, -0.2) is 4.98 Å². The highest BCUT2D eigenvalue weighted by Crippen LogP contribution is 2.25. The lowest BCUT2D eigenvalue weighted by atomic mass is 10.1. The molecular formula is C11H12N4O. The van der Waals surface area contributed by atoms with Gasteiger partial charge in [0.1, 0.15) is 17.8 Å². The molecule has 0 aliphatic carbocycles. The number of nitrogens with zero attached hydrogens (tertiary/aromatic N) is 3. The summed E-state index contributed by atoms with van der Waals surface area (Å²) in [7, 11) is 3.43. The van der Waals surface area contributed by atoms with Crippen molar-refractivity contribution in [2.75, 3.05) is 19.5 Å². The second-order valence-electron chi connectivity index (χ2n) is 3.14. The van der Waals surface area contributed by atoms with Crippen LogP contribution >= 0.6 is 0 Å². The molecule has 82 valence electrons. The minimum absolute atomic E-state index is 0.697. The second kappa shape index (κ2) is 4.57. The average Bonchev–Trinajstić information content (AvgIpc) is 2.38. The van der Waals surface area contributed by atoms with Crippen molar-refractivity contribution < 1.29 is 4.74 Å². The van der Waals surface area contributed by atoms with E-state index in [1.54, 1.807) is 14.2 Å².